The average molecular weight is 521 g/mol. The predicted octanol–water partition coefficient (Wildman–Crippen LogP) is 2.62. The molecule has 198 valence electrons. The third-order valence-electron chi connectivity index (χ3n) is 8.86. The standard InChI is InChI=1S/C26H36N2O7S/c29-23(25-15-18-12-19(16-25)14-20(13-18)17-25)27-8-1-9-35-21-2-4-22(5-3-21)36(32,33)26(24(30)28-31)6-10-34-11-7-26/h2-5,18-20,31H,1,6-17H2,(H,27,29)(H,28,30). The zero-order valence-corrected chi connectivity index (χ0v) is 21.4. The number of rotatable bonds is 9. The van der Waals surface area contributed by atoms with Crippen LogP contribution in [0, 0.1) is 23.2 Å². The van der Waals surface area contributed by atoms with E-state index in [2.05, 4.69) is 5.32 Å². The molecule has 4 saturated carbocycles. The first-order valence-corrected chi connectivity index (χ1v) is 14.5. The van der Waals surface area contributed by atoms with Gasteiger partial charge in [-0.2, -0.15) is 0 Å². The van der Waals surface area contributed by atoms with Crippen LogP contribution in [0.5, 0.6) is 5.75 Å². The van der Waals surface area contributed by atoms with Gasteiger partial charge in [-0.15, -0.1) is 0 Å². The molecule has 5 aliphatic rings. The maximum atomic E-state index is 13.3. The second-order valence-electron chi connectivity index (χ2n) is 11.2. The van der Waals surface area contributed by atoms with Crippen LogP contribution >= 0.6 is 0 Å². The maximum Gasteiger partial charge on any atom is 0.265 e. The number of amides is 2. The van der Waals surface area contributed by atoms with Gasteiger partial charge < -0.3 is 14.8 Å². The number of carbonyl (C=O) groups is 2. The molecule has 0 unspecified atom stereocenters. The van der Waals surface area contributed by atoms with E-state index in [1.165, 1.54) is 36.9 Å². The van der Waals surface area contributed by atoms with Gasteiger partial charge in [-0.3, -0.25) is 14.8 Å². The van der Waals surface area contributed by atoms with Crippen LogP contribution in [0.3, 0.4) is 0 Å². The summed E-state index contributed by atoms with van der Waals surface area (Å²) in [5.41, 5.74) is 1.37. The molecule has 10 heteroatoms. The Hall–Kier alpha value is -2.17. The van der Waals surface area contributed by atoms with Gasteiger partial charge in [0.25, 0.3) is 5.91 Å². The Labute approximate surface area is 212 Å². The number of hydrogen-bond acceptors (Lipinski definition) is 7. The van der Waals surface area contributed by atoms with Crippen molar-refractivity contribution < 1.29 is 32.7 Å². The van der Waals surface area contributed by atoms with Crippen LogP contribution in [0.25, 0.3) is 0 Å². The molecule has 1 aromatic rings. The minimum absolute atomic E-state index is 0.0109. The van der Waals surface area contributed by atoms with Gasteiger partial charge in [0, 0.05) is 25.2 Å². The van der Waals surface area contributed by atoms with Crippen LogP contribution in [0.4, 0.5) is 0 Å². The van der Waals surface area contributed by atoms with Crippen LogP contribution < -0.4 is 15.5 Å². The van der Waals surface area contributed by atoms with E-state index < -0.39 is 20.5 Å². The summed E-state index contributed by atoms with van der Waals surface area (Å²) < 4.78 is 35.8. The van der Waals surface area contributed by atoms with E-state index in [0.29, 0.717) is 25.3 Å². The Balaban J connectivity index is 1.12. The van der Waals surface area contributed by atoms with Crippen LogP contribution in [-0.2, 0) is 24.2 Å². The molecule has 0 spiro atoms. The van der Waals surface area contributed by atoms with Crippen molar-refractivity contribution in [1.82, 2.24) is 10.8 Å². The van der Waals surface area contributed by atoms with E-state index in [4.69, 9.17) is 14.7 Å². The molecule has 2 amide bonds. The maximum absolute atomic E-state index is 13.3. The van der Waals surface area contributed by atoms with Gasteiger partial charge in [-0.05, 0) is 99.8 Å². The summed E-state index contributed by atoms with van der Waals surface area (Å²) in [4.78, 5) is 25.4. The minimum atomic E-state index is -4.06. The number of nitrogens with one attached hydrogen (secondary N) is 2. The summed E-state index contributed by atoms with van der Waals surface area (Å²) in [6.07, 6.45) is 7.65. The molecule has 9 nitrogen and oxygen atoms in total. The molecule has 3 N–H and O–H groups in total. The van der Waals surface area contributed by atoms with E-state index >= 15 is 0 Å². The van der Waals surface area contributed by atoms with Gasteiger partial charge in [0.05, 0.1) is 11.5 Å². The molecule has 4 aliphatic carbocycles. The summed E-state index contributed by atoms with van der Waals surface area (Å²) in [6.45, 7) is 1.18. The van der Waals surface area contributed by atoms with E-state index in [-0.39, 0.29) is 42.3 Å². The van der Waals surface area contributed by atoms with Crippen LogP contribution in [-0.4, -0.2) is 56.6 Å². The fraction of sp³-hybridized carbons (Fsp3) is 0.692. The molecule has 4 bridgehead atoms. The lowest BCUT2D eigenvalue weighted by molar-refractivity contribution is -0.146. The molecule has 1 aromatic carbocycles. The summed E-state index contributed by atoms with van der Waals surface area (Å²) in [7, 11) is -4.06. The van der Waals surface area contributed by atoms with Crippen molar-refractivity contribution in [2.24, 2.45) is 23.2 Å². The number of benzene rings is 1. The minimum Gasteiger partial charge on any atom is -0.494 e. The van der Waals surface area contributed by atoms with Crippen LogP contribution in [0.1, 0.15) is 57.8 Å². The SMILES string of the molecule is O=C(NCCCOc1ccc(S(=O)(=O)C2(C(=O)NO)CCOCC2)cc1)C12CC3CC(CC(C3)C1)C2. The summed E-state index contributed by atoms with van der Waals surface area (Å²) in [5, 5.41) is 12.3. The smallest absolute Gasteiger partial charge is 0.265 e. The fourth-order valence-electron chi connectivity index (χ4n) is 7.40. The fourth-order valence-corrected chi connectivity index (χ4v) is 9.34. The second kappa shape index (κ2) is 9.95. The van der Waals surface area contributed by atoms with Gasteiger partial charge in [0.15, 0.2) is 14.6 Å². The summed E-state index contributed by atoms with van der Waals surface area (Å²) >= 11 is 0. The Morgan fingerprint density at radius 2 is 1.56 bits per heavy atom. The quantitative estimate of drug-likeness (QED) is 0.259. The third kappa shape index (κ3) is 4.52. The normalized spacial score (nSPS) is 30.5. The first-order valence-electron chi connectivity index (χ1n) is 13.1. The molecule has 1 aliphatic heterocycles. The van der Waals surface area contributed by atoms with Crippen LogP contribution in [0.15, 0.2) is 29.2 Å². The van der Waals surface area contributed by atoms with Crippen LogP contribution in [0.2, 0.25) is 0 Å². The largest absolute Gasteiger partial charge is 0.494 e. The third-order valence-corrected chi connectivity index (χ3v) is 11.4. The lowest BCUT2D eigenvalue weighted by Gasteiger charge is -2.55. The van der Waals surface area contributed by atoms with Crippen molar-refractivity contribution >= 4 is 21.7 Å². The Morgan fingerprint density at radius 1 is 0.972 bits per heavy atom. The van der Waals surface area contributed by atoms with Gasteiger partial charge in [0.2, 0.25) is 5.91 Å². The highest BCUT2D eigenvalue weighted by Gasteiger charge is 2.54. The highest BCUT2D eigenvalue weighted by Crippen LogP contribution is 2.60. The zero-order valence-electron chi connectivity index (χ0n) is 20.5. The molecule has 6 rings (SSSR count). The van der Waals surface area contributed by atoms with Gasteiger partial charge in [-0.1, -0.05) is 0 Å². The molecule has 0 atom stereocenters. The average Bonchev–Trinajstić information content (AvgIpc) is 2.87. The van der Waals surface area contributed by atoms with E-state index in [9.17, 15) is 18.0 Å². The first-order chi connectivity index (χ1) is 17.3. The predicted molar refractivity (Wildman–Crippen MR) is 130 cm³/mol. The number of sulfone groups is 1. The Bertz CT molecular complexity index is 1040. The van der Waals surface area contributed by atoms with Crippen molar-refractivity contribution in [1.29, 1.82) is 0 Å². The second-order valence-corrected chi connectivity index (χ2v) is 13.4. The van der Waals surface area contributed by atoms with Gasteiger partial charge in [-0.25, -0.2) is 13.9 Å². The monoisotopic (exact) mass is 520 g/mol. The molecule has 36 heavy (non-hydrogen) atoms. The number of ether oxygens (including phenoxy) is 2. The summed E-state index contributed by atoms with van der Waals surface area (Å²) in [5.74, 6) is 1.98. The lowest BCUT2D eigenvalue weighted by Crippen LogP contribution is -2.54. The molecule has 0 aromatic heterocycles. The van der Waals surface area contributed by atoms with E-state index in [0.717, 1.165) is 37.0 Å². The van der Waals surface area contributed by atoms with Crippen molar-refractivity contribution in [3.8, 4) is 5.75 Å². The van der Waals surface area contributed by atoms with Crippen molar-refractivity contribution in [3.63, 3.8) is 0 Å². The molecule has 1 heterocycles. The molecule has 1 saturated heterocycles. The van der Waals surface area contributed by atoms with Gasteiger partial charge >= 0.3 is 0 Å². The van der Waals surface area contributed by atoms with Crippen molar-refractivity contribution in [2.45, 2.75) is 67.4 Å². The Kier molecular flexibility index (Phi) is 7.04. The van der Waals surface area contributed by atoms with Gasteiger partial charge in [0.1, 0.15) is 5.75 Å². The first kappa shape index (κ1) is 25.5. The molecular weight excluding hydrogens is 484 g/mol. The Morgan fingerprint density at radius 3 is 2.11 bits per heavy atom. The van der Waals surface area contributed by atoms with Crippen molar-refractivity contribution in [3.05, 3.63) is 24.3 Å². The van der Waals surface area contributed by atoms with Crippen molar-refractivity contribution in [2.75, 3.05) is 26.4 Å². The zero-order chi connectivity index (χ0) is 25.4. The highest BCUT2D eigenvalue weighted by atomic mass is 32.2. The van der Waals surface area contributed by atoms with E-state index in [1.54, 1.807) is 12.1 Å². The molecule has 5 fully saturated rings. The summed E-state index contributed by atoms with van der Waals surface area (Å²) in [6, 6.07) is 5.96. The number of hydrogen-bond donors (Lipinski definition) is 3. The molecular formula is C26H36N2O7S. The van der Waals surface area contributed by atoms with E-state index in [1.807, 2.05) is 0 Å². The lowest BCUT2D eigenvalue weighted by atomic mass is 9.49. The highest BCUT2D eigenvalue weighted by molar-refractivity contribution is 7.93. The molecule has 0 radical (unpaired) electrons. The number of carbonyl (C=O) groups excluding carboxylic acids is 2. The topological polar surface area (TPSA) is 131 Å². The number of hydroxylamine groups is 1.